The van der Waals surface area contributed by atoms with Gasteiger partial charge < -0.3 is 24.8 Å². The number of ether oxygens (including phenoxy) is 1. The molecule has 6 rings (SSSR count). The third kappa shape index (κ3) is 4.52. The number of hydrogen-bond acceptors (Lipinski definition) is 5. The van der Waals surface area contributed by atoms with E-state index in [1.165, 1.54) is 6.20 Å². The molecule has 2 amide bonds. The Morgan fingerprint density at radius 3 is 2.78 bits per heavy atom. The Morgan fingerprint density at radius 2 is 2.05 bits per heavy atom. The summed E-state index contributed by atoms with van der Waals surface area (Å²) in [6, 6.07) is 3.52. The zero-order chi connectivity index (χ0) is 25.7. The summed E-state index contributed by atoms with van der Waals surface area (Å²) in [5.41, 5.74) is 2.88. The van der Waals surface area contributed by atoms with Gasteiger partial charge in [0.05, 0.1) is 37.7 Å². The molecule has 0 saturated carbocycles. The molecule has 2 saturated heterocycles. The first-order chi connectivity index (χ1) is 17.8. The highest BCUT2D eigenvalue weighted by Gasteiger charge is 2.36. The zero-order valence-corrected chi connectivity index (χ0v) is 19.9. The fraction of sp³-hybridized carbons (Fsp3) is 0.480. The largest absolute Gasteiger partial charge is 0.420 e. The van der Waals surface area contributed by atoms with Gasteiger partial charge in [-0.3, -0.25) is 0 Å². The van der Waals surface area contributed by atoms with Gasteiger partial charge in [-0.15, -0.1) is 0 Å². The molecule has 0 radical (unpaired) electrons. The molecule has 0 bridgehead atoms. The van der Waals surface area contributed by atoms with Crippen molar-refractivity contribution in [3.05, 3.63) is 46.8 Å². The van der Waals surface area contributed by atoms with Crippen LogP contribution in [0.2, 0.25) is 0 Å². The van der Waals surface area contributed by atoms with Gasteiger partial charge in [0.25, 0.3) is 0 Å². The zero-order valence-electron chi connectivity index (χ0n) is 19.9. The minimum atomic E-state index is -4.55. The molecule has 0 unspecified atom stereocenters. The number of alkyl halides is 4. The van der Waals surface area contributed by atoms with Crippen LogP contribution in [0.5, 0.6) is 0 Å². The quantitative estimate of drug-likeness (QED) is 0.504. The van der Waals surface area contributed by atoms with Crippen molar-refractivity contribution in [3.63, 3.8) is 0 Å². The number of nitrogens with one attached hydrogen (secondary N) is 2. The molecule has 1 aromatic carbocycles. The number of carbonyl (C=O) groups excluding carboxylic acids is 1. The van der Waals surface area contributed by atoms with E-state index in [0.717, 1.165) is 22.9 Å². The van der Waals surface area contributed by atoms with Crippen LogP contribution in [0.4, 0.5) is 22.4 Å². The molecule has 12 heteroatoms. The second-order valence-corrected chi connectivity index (χ2v) is 9.72. The van der Waals surface area contributed by atoms with Gasteiger partial charge in [-0.05, 0) is 41.7 Å². The molecule has 8 nitrogen and oxygen atoms in total. The van der Waals surface area contributed by atoms with Crippen molar-refractivity contribution in [1.82, 2.24) is 30.1 Å². The maximum atomic E-state index is 13.7. The Kier molecular flexibility index (Phi) is 6.03. The van der Waals surface area contributed by atoms with Crippen LogP contribution in [0, 0.1) is 0 Å². The van der Waals surface area contributed by atoms with E-state index in [-0.39, 0.29) is 29.8 Å². The molecule has 2 fully saturated rings. The van der Waals surface area contributed by atoms with Crippen molar-refractivity contribution in [1.29, 1.82) is 0 Å². The van der Waals surface area contributed by atoms with Crippen molar-refractivity contribution in [2.45, 2.75) is 37.8 Å². The van der Waals surface area contributed by atoms with Gasteiger partial charge in [0.2, 0.25) is 0 Å². The van der Waals surface area contributed by atoms with Crippen LogP contribution in [0.15, 0.2) is 24.5 Å². The molecular formula is C25H26F4N6O2. The Hall–Kier alpha value is -3.25. The second kappa shape index (κ2) is 9.25. The first-order valence-electron chi connectivity index (χ1n) is 12.3. The summed E-state index contributed by atoms with van der Waals surface area (Å²) in [7, 11) is 0. The number of carbonyl (C=O) groups is 1. The number of amides is 2. The standard InChI is InChI=1S/C25H26F4N6O2/c26-16-2-5-34(11-16)24(36)35-4-1-14-7-15(8-17(18(14)12-35)21-13-37-6-3-30-21)20-10-32-23-22(33-20)19(9-31-23)25(27,28)29/h7-10,16,21,30H,1-6,11-13H2,(H,31,32)/t16-,21-/m0/s1. The van der Waals surface area contributed by atoms with Gasteiger partial charge in [-0.1, -0.05) is 0 Å². The van der Waals surface area contributed by atoms with Crippen molar-refractivity contribution in [3.8, 4) is 11.3 Å². The number of morpholine rings is 1. The number of fused-ring (bicyclic) bond motifs is 2. The molecule has 3 aromatic rings. The number of likely N-dealkylation sites (tertiary alicyclic amines) is 1. The van der Waals surface area contributed by atoms with E-state index in [0.29, 0.717) is 63.5 Å². The van der Waals surface area contributed by atoms with E-state index in [1.807, 2.05) is 12.1 Å². The van der Waals surface area contributed by atoms with Crippen molar-refractivity contribution < 1.29 is 27.1 Å². The summed E-state index contributed by atoms with van der Waals surface area (Å²) in [4.78, 5) is 27.4. The van der Waals surface area contributed by atoms with Gasteiger partial charge in [0, 0.05) is 37.9 Å². The molecule has 2 atom stereocenters. The Labute approximate surface area is 210 Å². The fourth-order valence-electron chi connectivity index (χ4n) is 5.42. The minimum absolute atomic E-state index is 0.0724. The smallest absolute Gasteiger partial charge is 0.378 e. The summed E-state index contributed by atoms with van der Waals surface area (Å²) in [5.74, 6) is 0. The third-order valence-electron chi connectivity index (χ3n) is 7.33. The maximum absolute atomic E-state index is 13.7. The number of halogens is 4. The number of hydrogen-bond donors (Lipinski definition) is 2. The maximum Gasteiger partial charge on any atom is 0.420 e. The van der Waals surface area contributed by atoms with Crippen LogP contribution in [0.25, 0.3) is 22.4 Å². The van der Waals surface area contributed by atoms with E-state index in [4.69, 9.17) is 4.74 Å². The van der Waals surface area contributed by atoms with Crippen LogP contribution >= 0.6 is 0 Å². The van der Waals surface area contributed by atoms with Gasteiger partial charge in [0.15, 0.2) is 5.65 Å². The second-order valence-electron chi connectivity index (χ2n) is 9.72. The van der Waals surface area contributed by atoms with Crippen molar-refractivity contribution >= 4 is 17.2 Å². The van der Waals surface area contributed by atoms with E-state index in [2.05, 4.69) is 20.3 Å². The SMILES string of the molecule is O=C(N1CCc2cc(-c3cnc4[nH]cc(C(F)(F)F)c4n3)cc([C@@H]3COCCN3)c2C1)N1CC[C@H](F)C1. The highest BCUT2D eigenvalue weighted by atomic mass is 19.4. The lowest BCUT2D eigenvalue weighted by molar-refractivity contribution is -0.136. The lowest BCUT2D eigenvalue weighted by Gasteiger charge is -2.35. The van der Waals surface area contributed by atoms with Crippen LogP contribution in [-0.2, 0) is 23.9 Å². The molecular weight excluding hydrogens is 492 g/mol. The van der Waals surface area contributed by atoms with E-state index < -0.39 is 17.9 Å². The predicted molar refractivity (Wildman–Crippen MR) is 126 cm³/mol. The molecule has 37 heavy (non-hydrogen) atoms. The summed E-state index contributed by atoms with van der Waals surface area (Å²) in [6.45, 7) is 3.04. The average molecular weight is 519 g/mol. The lowest BCUT2D eigenvalue weighted by Crippen LogP contribution is -2.45. The van der Waals surface area contributed by atoms with Crippen LogP contribution in [0.1, 0.15) is 34.7 Å². The average Bonchev–Trinajstić information content (AvgIpc) is 3.53. The molecule has 0 aliphatic carbocycles. The number of urea groups is 1. The first kappa shape index (κ1) is 24.1. The highest BCUT2D eigenvalue weighted by molar-refractivity contribution is 5.79. The Balaban J connectivity index is 1.38. The van der Waals surface area contributed by atoms with Crippen LogP contribution in [-0.4, -0.2) is 76.3 Å². The number of benzene rings is 1. The highest BCUT2D eigenvalue weighted by Crippen LogP contribution is 2.36. The molecule has 196 valence electrons. The summed E-state index contributed by atoms with van der Waals surface area (Å²) >= 11 is 0. The van der Waals surface area contributed by atoms with Gasteiger partial charge >= 0.3 is 12.2 Å². The van der Waals surface area contributed by atoms with Gasteiger partial charge in [0.1, 0.15) is 17.3 Å². The lowest BCUT2D eigenvalue weighted by atomic mass is 9.88. The fourth-order valence-corrected chi connectivity index (χ4v) is 5.42. The van der Waals surface area contributed by atoms with Gasteiger partial charge in [-0.25, -0.2) is 19.2 Å². The monoisotopic (exact) mass is 518 g/mol. The van der Waals surface area contributed by atoms with Crippen molar-refractivity contribution in [2.24, 2.45) is 0 Å². The third-order valence-corrected chi connectivity index (χ3v) is 7.33. The number of aromatic amines is 1. The number of aromatic nitrogens is 3. The van der Waals surface area contributed by atoms with Crippen LogP contribution in [0.3, 0.4) is 0 Å². The van der Waals surface area contributed by atoms with E-state index in [1.54, 1.807) is 9.80 Å². The predicted octanol–water partition coefficient (Wildman–Crippen LogP) is 3.83. The Morgan fingerprint density at radius 1 is 1.19 bits per heavy atom. The molecule has 0 spiro atoms. The number of rotatable bonds is 2. The number of H-pyrrole nitrogens is 1. The topological polar surface area (TPSA) is 86.4 Å². The van der Waals surface area contributed by atoms with E-state index in [9.17, 15) is 22.4 Å². The molecule has 5 heterocycles. The molecule has 3 aliphatic rings. The molecule has 3 aliphatic heterocycles. The Bertz CT molecular complexity index is 1340. The molecule has 2 N–H and O–H groups in total. The number of nitrogens with zero attached hydrogens (tertiary/aromatic N) is 4. The summed E-state index contributed by atoms with van der Waals surface area (Å²) in [5, 5.41) is 3.45. The normalized spacial score (nSPS) is 22.5. The molecule has 2 aromatic heterocycles. The van der Waals surface area contributed by atoms with Crippen LogP contribution < -0.4 is 5.32 Å². The minimum Gasteiger partial charge on any atom is -0.378 e. The van der Waals surface area contributed by atoms with Crippen molar-refractivity contribution in [2.75, 3.05) is 39.4 Å². The first-order valence-corrected chi connectivity index (χ1v) is 12.3. The summed E-state index contributed by atoms with van der Waals surface area (Å²) in [6.07, 6.45) is -2.27. The van der Waals surface area contributed by atoms with E-state index >= 15 is 0 Å². The van der Waals surface area contributed by atoms with Gasteiger partial charge in [-0.2, -0.15) is 13.2 Å². The summed E-state index contributed by atoms with van der Waals surface area (Å²) < 4.78 is 59.9.